The van der Waals surface area contributed by atoms with E-state index in [4.69, 9.17) is 4.74 Å². The first-order valence-corrected chi connectivity index (χ1v) is 11.9. The molecule has 0 radical (unpaired) electrons. The molecule has 1 aromatic carbocycles. The van der Waals surface area contributed by atoms with Crippen molar-refractivity contribution in [3.63, 3.8) is 0 Å². The third-order valence-electron chi connectivity index (χ3n) is 7.72. The largest absolute Gasteiger partial charge is 0.484 e. The van der Waals surface area contributed by atoms with Gasteiger partial charge in [-0.05, 0) is 44.2 Å². The van der Waals surface area contributed by atoms with E-state index in [-0.39, 0.29) is 23.3 Å². The quantitative estimate of drug-likeness (QED) is 0.701. The molecule has 3 aliphatic heterocycles. The van der Waals surface area contributed by atoms with Crippen LogP contribution in [-0.2, 0) is 9.59 Å². The van der Waals surface area contributed by atoms with Crippen LogP contribution in [0.15, 0.2) is 30.3 Å². The summed E-state index contributed by atoms with van der Waals surface area (Å²) in [6, 6.07) is 9.49. The molecule has 0 unspecified atom stereocenters. The molecule has 0 aliphatic carbocycles. The molecular formula is C25H37N3O3. The van der Waals surface area contributed by atoms with Crippen LogP contribution in [0.2, 0.25) is 0 Å². The van der Waals surface area contributed by atoms with E-state index in [0.29, 0.717) is 24.9 Å². The molecule has 4 rings (SSSR count). The van der Waals surface area contributed by atoms with Crippen LogP contribution < -0.4 is 4.74 Å². The average molecular weight is 428 g/mol. The van der Waals surface area contributed by atoms with Crippen molar-refractivity contribution in [3.8, 4) is 5.75 Å². The molecule has 3 saturated heterocycles. The van der Waals surface area contributed by atoms with Gasteiger partial charge in [-0.3, -0.25) is 9.59 Å². The maximum atomic E-state index is 13.5. The smallest absolute Gasteiger partial charge is 0.260 e. The Kier molecular flexibility index (Phi) is 6.29. The molecule has 31 heavy (non-hydrogen) atoms. The number of nitrogens with zero attached hydrogens (tertiary/aromatic N) is 3. The third-order valence-corrected chi connectivity index (χ3v) is 7.72. The Bertz CT molecular complexity index is 788. The van der Waals surface area contributed by atoms with Gasteiger partial charge in [0.1, 0.15) is 5.75 Å². The summed E-state index contributed by atoms with van der Waals surface area (Å²) in [7, 11) is 0. The van der Waals surface area contributed by atoms with Gasteiger partial charge in [0, 0.05) is 51.2 Å². The fourth-order valence-corrected chi connectivity index (χ4v) is 6.18. The Labute approximate surface area is 186 Å². The number of benzene rings is 1. The summed E-state index contributed by atoms with van der Waals surface area (Å²) in [4.78, 5) is 32.8. The molecule has 1 atom stereocenters. The minimum Gasteiger partial charge on any atom is -0.484 e. The standard InChI is InChI=1S/C25H37N3O3/c1-4-27-15-12-25(23(27)30)19-26(16-20(2)3)18-24(25)10-13-28(14-11-24)22(29)17-31-21-8-6-5-7-9-21/h5-9,20H,4,10-19H2,1-3H3/t25-/m1/s1. The number of ether oxygens (including phenoxy) is 1. The van der Waals surface area contributed by atoms with Gasteiger partial charge >= 0.3 is 0 Å². The van der Waals surface area contributed by atoms with Gasteiger partial charge in [-0.1, -0.05) is 32.0 Å². The van der Waals surface area contributed by atoms with E-state index >= 15 is 0 Å². The number of hydrogen-bond donors (Lipinski definition) is 0. The highest BCUT2D eigenvalue weighted by atomic mass is 16.5. The molecule has 3 aliphatic rings. The Morgan fingerprint density at radius 1 is 1.06 bits per heavy atom. The number of para-hydroxylation sites is 1. The van der Waals surface area contributed by atoms with E-state index in [1.54, 1.807) is 0 Å². The first kappa shape index (κ1) is 22.1. The fourth-order valence-electron chi connectivity index (χ4n) is 6.18. The summed E-state index contributed by atoms with van der Waals surface area (Å²) in [6.45, 7) is 12.7. The monoisotopic (exact) mass is 427 g/mol. The topological polar surface area (TPSA) is 53.1 Å². The first-order chi connectivity index (χ1) is 14.9. The van der Waals surface area contributed by atoms with Gasteiger partial charge in [0.25, 0.3) is 5.91 Å². The first-order valence-electron chi connectivity index (χ1n) is 11.9. The lowest BCUT2D eigenvalue weighted by molar-refractivity contribution is -0.144. The molecule has 2 amide bonds. The normalized spacial score (nSPS) is 25.9. The van der Waals surface area contributed by atoms with E-state index in [1.165, 1.54) is 0 Å². The van der Waals surface area contributed by atoms with Gasteiger partial charge in [-0.25, -0.2) is 0 Å². The summed E-state index contributed by atoms with van der Waals surface area (Å²) in [6.07, 6.45) is 2.77. The highest BCUT2D eigenvalue weighted by Crippen LogP contribution is 2.57. The van der Waals surface area contributed by atoms with Gasteiger partial charge in [0.15, 0.2) is 6.61 Å². The maximum absolute atomic E-state index is 13.5. The van der Waals surface area contributed by atoms with Crippen molar-refractivity contribution in [2.24, 2.45) is 16.7 Å². The summed E-state index contributed by atoms with van der Waals surface area (Å²) in [5.41, 5.74) is -0.284. The molecule has 6 nitrogen and oxygen atoms in total. The number of piperidine rings is 1. The number of carbonyl (C=O) groups is 2. The minimum atomic E-state index is -0.270. The number of carbonyl (C=O) groups excluding carboxylic acids is 2. The van der Waals surface area contributed by atoms with E-state index in [1.807, 2.05) is 40.1 Å². The van der Waals surface area contributed by atoms with Crippen molar-refractivity contribution in [1.29, 1.82) is 0 Å². The zero-order chi connectivity index (χ0) is 22.1. The van der Waals surface area contributed by atoms with Crippen LogP contribution in [0.5, 0.6) is 5.75 Å². The van der Waals surface area contributed by atoms with Crippen LogP contribution in [-0.4, -0.2) is 78.9 Å². The number of likely N-dealkylation sites (tertiary alicyclic amines) is 3. The second-order valence-corrected chi connectivity index (χ2v) is 10.0. The predicted molar refractivity (Wildman–Crippen MR) is 121 cm³/mol. The molecule has 170 valence electrons. The SMILES string of the molecule is CCN1CC[C@@]2(CN(CC(C)C)CC23CCN(C(=O)COc2ccccc2)CC3)C1=O. The van der Waals surface area contributed by atoms with E-state index in [9.17, 15) is 9.59 Å². The highest BCUT2D eigenvalue weighted by molar-refractivity contribution is 5.87. The van der Waals surface area contributed by atoms with Gasteiger partial charge in [0.2, 0.25) is 5.91 Å². The van der Waals surface area contributed by atoms with Crippen LogP contribution in [0.1, 0.15) is 40.0 Å². The van der Waals surface area contributed by atoms with Crippen molar-refractivity contribution >= 4 is 11.8 Å². The second-order valence-electron chi connectivity index (χ2n) is 10.0. The Morgan fingerprint density at radius 3 is 2.39 bits per heavy atom. The number of fused-ring (bicyclic) bond motifs is 1. The van der Waals surface area contributed by atoms with Crippen molar-refractivity contribution in [2.75, 3.05) is 52.4 Å². The summed E-state index contributed by atoms with van der Waals surface area (Å²) in [5, 5.41) is 0. The lowest BCUT2D eigenvalue weighted by Crippen LogP contribution is -2.54. The molecule has 0 aromatic heterocycles. The van der Waals surface area contributed by atoms with Gasteiger partial charge in [-0.2, -0.15) is 0 Å². The average Bonchev–Trinajstić information content (AvgIpc) is 3.24. The summed E-state index contributed by atoms with van der Waals surface area (Å²) >= 11 is 0. The van der Waals surface area contributed by atoms with Crippen LogP contribution in [0, 0.1) is 16.7 Å². The van der Waals surface area contributed by atoms with Crippen LogP contribution >= 0.6 is 0 Å². The highest BCUT2D eigenvalue weighted by Gasteiger charge is 2.64. The van der Waals surface area contributed by atoms with Crippen molar-refractivity contribution in [3.05, 3.63) is 30.3 Å². The Morgan fingerprint density at radius 2 is 1.77 bits per heavy atom. The summed E-state index contributed by atoms with van der Waals surface area (Å²) in [5.74, 6) is 1.70. The fraction of sp³-hybridized carbons (Fsp3) is 0.680. The molecule has 6 heteroatoms. The molecule has 3 heterocycles. The van der Waals surface area contributed by atoms with Gasteiger partial charge < -0.3 is 19.4 Å². The Hall–Kier alpha value is -2.08. The molecule has 0 N–H and O–H groups in total. The second kappa shape index (κ2) is 8.81. The molecule has 2 spiro atoms. The van der Waals surface area contributed by atoms with E-state index < -0.39 is 0 Å². The lowest BCUT2D eigenvalue weighted by atomic mass is 9.60. The van der Waals surface area contributed by atoms with Crippen LogP contribution in [0.4, 0.5) is 0 Å². The maximum Gasteiger partial charge on any atom is 0.260 e. The van der Waals surface area contributed by atoms with E-state index in [2.05, 4.69) is 25.7 Å². The van der Waals surface area contributed by atoms with Crippen LogP contribution in [0.3, 0.4) is 0 Å². The molecule has 3 fully saturated rings. The zero-order valence-corrected chi connectivity index (χ0v) is 19.3. The molecule has 0 saturated carbocycles. The molecule has 0 bridgehead atoms. The van der Waals surface area contributed by atoms with Crippen molar-refractivity contribution in [1.82, 2.24) is 14.7 Å². The molecule has 1 aromatic rings. The predicted octanol–water partition coefficient (Wildman–Crippen LogP) is 2.88. The van der Waals surface area contributed by atoms with Crippen molar-refractivity contribution < 1.29 is 14.3 Å². The lowest BCUT2D eigenvalue weighted by Gasteiger charge is -2.47. The van der Waals surface area contributed by atoms with Crippen molar-refractivity contribution in [2.45, 2.75) is 40.0 Å². The number of amides is 2. The third kappa shape index (κ3) is 4.07. The summed E-state index contributed by atoms with van der Waals surface area (Å²) < 4.78 is 5.68. The zero-order valence-electron chi connectivity index (χ0n) is 19.3. The Balaban J connectivity index is 1.44. The van der Waals surface area contributed by atoms with Crippen LogP contribution in [0.25, 0.3) is 0 Å². The number of hydrogen-bond acceptors (Lipinski definition) is 4. The van der Waals surface area contributed by atoms with E-state index in [0.717, 1.165) is 57.7 Å². The minimum absolute atomic E-state index is 0.0139. The van der Waals surface area contributed by atoms with Gasteiger partial charge in [-0.15, -0.1) is 0 Å². The van der Waals surface area contributed by atoms with Gasteiger partial charge in [0.05, 0.1) is 5.41 Å². The number of rotatable bonds is 6. The molecular weight excluding hydrogens is 390 g/mol.